The third kappa shape index (κ3) is 9.94. The summed E-state index contributed by atoms with van der Waals surface area (Å²) in [5.41, 5.74) is 2.42. The van der Waals surface area contributed by atoms with Crippen molar-refractivity contribution in [2.75, 3.05) is 13.7 Å². The van der Waals surface area contributed by atoms with Crippen LogP contribution in [-0.2, 0) is 41.2 Å². The average Bonchev–Trinajstić information content (AvgIpc) is 4.00. The first-order chi connectivity index (χ1) is 23.3. The Morgan fingerprint density at radius 2 is 1.82 bits per heavy atom. The second kappa shape index (κ2) is 15.5. The van der Waals surface area contributed by atoms with Crippen LogP contribution in [0.1, 0.15) is 76.8 Å². The molecule has 2 aliphatic carbocycles. The molecule has 1 heterocycles. The van der Waals surface area contributed by atoms with Gasteiger partial charge in [0.1, 0.15) is 17.4 Å². The van der Waals surface area contributed by atoms with Crippen LogP contribution < -0.4 is 14.8 Å². The zero-order valence-electron chi connectivity index (χ0n) is 28.3. The summed E-state index contributed by atoms with van der Waals surface area (Å²) in [7, 11) is -2.62. The normalized spacial score (nSPS) is 16.0. The highest BCUT2D eigenvalue weighted by Crippen LogP contribution is 2.53. The third-order valence-corrected chi connectivity index (χ3v) is 10.0. The molecule has 1 atom stereocenters. The summed E-state index contributed by atoms with van der Waals surface area (Å²) in [6, 6.07) is 13.7. The lowest BCUT2D eigenvalue weighted by atomic mass is 9.96. The number of unbranched alkanes of at least 4 members (excludes halogenated alkanes) is 1. The van der Waals surface area contributed by atoms with E-state index in [-0.39, 0.29) is 35.6 Å². The molecule has 3 aromatic rings. The Hall–Kier alpha value is -3.71. The van der Waals surface area contributed by atoms with Crippen LogP contribution in [0.4, 0.5) is 4.79 Å². The molecule has 0 radical (unpaired) electrons. The van der Waals surface area contributed by atoms with Crippen molar-refractivity contribution in [3.63, 3.8) is 0 Å². The molecule has 0 saturated heterocycles. The number of carbonyl (C=O) groups is 2. The van der Waals surface area contributed by atoms with Gasteiger partial charge in [0.25, 0.3) is 0 Å². The van der Waals surface area contributed by atoms with Crippen LogP contribution >= 0.6 is 11.6 Å². The summed E-state index contributed by atoms with van der Waals surface area (Å²) >= 11 is 6.59. The average molecular weight is 714 g/mol. The fourth-order valence-corrected chi connectivity index (χ4v) is 6.79. The van der Waals surface area contributed by atoms with Crippen LogP contribution in [-0.4, -0.2) is 56.9 Å². The van der Waals surface area contributed by atoms with Crippen LogP contribution in [0.3, 0.4) is 0 Å². The van der Waals surface area contributed by atoms with Gasteiger partial charge >= 0.3 is 12.1 Å². The maximum absolute atomic E-state index is 13.0. The maximum atomic E-state index is 13.0. The van der Waals surface area contributed by atoms with E-state index >= 15 is 0 Å². The highest BCUT2D eigenvalue weighted by molar-refractivity contribution is 7.89. The molecule has 5 rings (SSSR count). The molecule has 1 amide bonds. The fourth-order valence-electron chi connectivity index (χ4n) is 5.39. The molecule has 13 heteroatoms. The van der Waals surface area contributed by atoms with Crippen molar-refractivity contribution < 1.29 is 37.0 Å². The molecule has 1 aromatic heterocycles. The van der Waals surface area contributed by atoms with Crippen molar-refractivity contribution >= 4 is 33.7 Å². The number of hydrogen-bond acceptors (Lipinski definition) is 9. The summed E-state index contributed by atoms with van der Waals surface area (Å²) < 4.78 is 51.4. The van der Waals surface area contributed by atoms with Gasteiger partial charge in [0.05, 0.1) is 30.3 Å². The number of hydrogen-bond donors (Lipinski definition) is 2. The van der Waals surface area contributed by atoms with E-state index in [9.17, 15) is 18.0 Å². The predicted octanol–water partition coefficient (Wildman–Crippen LogP) is 6.66. The zero-order chi connectivity index (χ0) is 35.2. The highest BCUT2D eigenvalue weighted by atomic mass is 35.5. The first kappa shape index (κ1) is 36.6. The van der Waals surface area contributed by atoms with Crippen molar-refractivity contribution in [1.29, 1.82) is 0 Å². The van der Waals surface area contributed by atoms with Crippen molar-refractivity contribution in [1.82, 2.24) is 15.0 Å². The van der Waals surface area contributed by atoms with Gasteiger partial charge < -0.3 is 24.3 Å². The Kier molecular flexibility index (Phi) is 11.5. The summed E-state index contributed by atoms with van der Waals surface area (Å²) in [4.78, 5) is 28.7. The van der Waals surface area contributed by atoms with Gasteiger partial charge in [-0.05, 0) is 101 Å². The Morgan fingerprint density at radius 1 is 1.06 bits per heavy atom. The van der Waals surface area contributed by atoms with Gasteiger partial charge in [-0.25, -0.2) is 22.7 Å². The Labute approximate surface area is 293 Å². The van der Waals surface area contributed by atoms with Crippen LogP contribution in [0.25, 0.3) is 11.1 Å². The van der Waals surface area contributed by atoms with Gasteiger partial charge in [0, 0.05) is 35.1 Å². The highest BCUT2D eigenvalue weighted by Gasteiger charge is 2.48. The van der Waals surface area contributed by atoms with Gasteiger partial charge in [-0.15, -0.1) is 0 Å². The molecular weight excluding hydrogens is 670 g/mol. The first-order valence-electron chi connectivity index (χ1n) is 16.5. The molecule has 1 unspecified atom stereocenters. The maximum Gasteiger partial charge on any atom is 0.408 e. The minimum absolute atomic E-state index is 0.0308. The fraction of sp³-hybridized carbons (Fsp3) is 0.472. The second-order valence-electron chi connectivity index (χ2n) is 13.4. The van der Waals surface area contributed by atoms with Crippen molar-refractivity contribution in [2.24, 2.45) is 0 Å². The van der Waals surface area contributed by atoms with Crippen molar-refractivity contribution in [3.8, 4) is 16.9 Å². The lowest BCUT2D eigenvalue weighted by Crippen LogP contribution is -2.44. The molecule has 2 fully saturated rings. The van der Waals surface area contributed by atoms with E-state index in [2.05, 4.69) is 21.1 Å². The smallest absolute Gasteiger partial charge is 0.408 e. The molecule has 0 aliphatic heterocycles. The van der Waals surface area contributed by atoms with Gasteiger partial charge in [-0.2, -0.15) is 0 Å². The van der Waals surface area contributed by atoms with E-state index in [1.807, 2.05) is 30.5 Å². The van der Waals surface area contributed by atoms with Crippen molar-refractivity contribution in [3.05, 3.63) is 77.1 Å². The van der Waals surface area contributed by atoms with Crippen LogP contribution in [0.5, 0.6) is 5.75 Å². The molecule has 11 nitrogen and oxygen atoms in total. The number of nitrogens with zero attached hydrogens (tertiary/aromatic N) is 1. The molecule has 2 aliphatic rings. The summed E-state index contributed by atoms with van der Waals surface area (Å²) in [6.07, 6.45) is 8.04. The third-order valence-electron chi connectivity index (χ3n) is 8.24. The molecule has 2 aromatic carbocycles. The van der Waals surface area contributed by atoms with E-state index in [0.717, 1.165) is 48.1 Å². The molecule has 0 bridgehead atoms. The number of halogens is 1. The molecule has 2 N–H and O–H groups in total. The number of methoxy groups -OCH3 is 1. The number of para-hydroxylation sites is 1. The topological polar surface area (TPSA) is 142 Å². The molecule has 2 saturated carbocycles. The lowest BCUT2D eigenvalue weighted by molar-refractivity contribution is -0.143. The number of rotatable bonds is 16. The summed E-state index contributed by atoms with van der Waals surface area (Å²) in [6.45, 7) is 5.47. The number of amides is 1. The number of sulfonamides is 1. The van der Waals surface area contributed by atoms with E-state index in [4.69, 9.17) is 30.5 Å². The lowest BCUT2D eigenvalue weighted by Gasteiger charge is -2.22. The molecule has 264 valence electrons. The van der Waals surface area contributed by atoms with E-state index in [0.29, 0.717) is 18.4 Å². The molecule has 49 heavy (non-hydrogen) atoms. The summed E-state index contributed by atoms with van der Waals surface area (Å²) in [5.74, 6) is 0.240. The number of pyridine rings is 1. The number of ether oxygens (including phenoxy) is 4. The van der Waals surface area contributed by atoms with Gasteiger partial charge in [0.15, 0.2) is 0 Å². The Balaban J connectivity index is 1.16. The number of nitrogens with one attached hydrogen (secondary N) is 2. The van der Waals surface area contributed by atoms with E-state index < -0.39 is 39.3 Å². The first-order valence-corrected chi connectivity index (χ1v) is 18.4. The van der Waals surface area contributed by atoms with Crippen LogP contribution in [0.15, 0.2) is 65.8 Å². The Bertz CT molecular complexity index is 1750. The predicted molar refractivity (Wildman–Crippen MR) is 185 cm³/mol. The Morgan fingerprint density at radius 3 is 2.49 bits per heavy atom. The standard InChI is InChI=1S/C36H44ClN3O8S/c1-35(2,3)48-34(42)40-31(33(41)45-4)10-7-8-19-39-49(43,44)26-15-12-24(30(37)21-26)23-46-36(17-18-36)29-22-38-20-16-27(29)28-9-5-6-11-32(28)47-25-13-14-25/h5-6,9,11-12,15-16,20-22,25,31,39H,7-8,10,13-14,17-19,23H2,1-4H3,(H,40,42). The quantitative estimate of drug-likeness (QED) is 0.123. The van der Waals surface area contributed by atoms with Crippen LogP contribution in [0, 0.1) is 0 Å². The van der Waals surface area contributed by atoms with Gasteiger partial charge in [-0.3, -0.25) is 4.98 Å². The number of carbonyl (C=O) groups excluding carboxylic acids is 2. The van der Waals surface area contributed by atoms with E-state index in [1.54, 1.807) is 33.0 Å². The second-order valence-corrected chi connectivity index (χ2v) is 15.6. The minimum Gasteiger partial charge on any atom is -0.490 e. The van der Waals surface area contributed by atoms with Crippen molar-refractivity contribution in [2.45, 2.75) is 101 Å². The number of alkyl carbamates (subject to hydrolysis) is 1. The summed E-state index contributed by atoms with van der Waals surface area (Å²) in [5, 5.41) is 2.79. The zero-order valence-corrected chi connectivity index (χ0v) is 29.9. The largest absolute Gasteiger partial charge is 0.490 e. The number of esters is 1. The SMILES string of the molecule is COC(=O)C(CCCCNS(=O)(=O)c1ccc(COC2(c3cnccc3-c3ccccc3OC3CC3)CC2)c(Cl)c1)NC(=O)OC(C)(C)C. The molecule has 0 spiro atoms. The van der Waals surface area contributed by atoms with Gasteiger partial charge in [-0.1, -0.05) is 35.9 Å². The van der Waals surface area contributed by atoms with Crippen LogP contribution in [0.2, 0.25) is 5.02 Å². The van der Waals surface area contributed by atoms with E-state index in [1.165, 1.54) is 19.2 Å². The monoisotopic (exact) mass is 713 g/mol. The molecular formula is C36H44ClN3O8S. The number of benzene rings is 2. The minimum atomic E-state index is -3.86. The van der Waals surface area contributed by atoms with Gasteiger partial charge in [0.2, 0.25) is 10.0 Å². The number of aromatic nitrogens is 1.